The van der Waals surface area contributed by atoms with Gasteiger partial charge in [0.25, 0.3) is 11.1 Å². The number of methoxy groups -OCH3 is 1. The molecule has 2 heterocycles. The lowest BCUT2D eigenvalue weighted by Crippen LogP contribution is -2.42. The maximum absolute atomic E-state index is 11.5. The Balaban J connectivity index is 1.97. The minimum absolute atomic E-state index is 0.248. The van der Waals surface area contributed by atoms with E-state index < -0.39 is 12.0 Å². The highest BCUT2D eigenvalue weighted by Crippen LogP contribution is 2.26. The molecule has 0 aromatic carbocycles. The average molecular weight is 327 g/mol. The zero-order chi connectivity index (χ0) is 15.2. The molecular weight excluding hydrogens is 314 g/mol. The predicted octanol–water partition coefficient (Wildman–Crippen LogP) is 1.57. The van der Waals surface area contributed by atoms with Crippen molar-refractivity contribution < 1.29 is 18.7 Å². The summed E-state index contributed by atoms with van der Waals surface area (Å²) in [5, 5.41) is 12.6. The molecule has 1 atom stereocenters. The van der Waals surface area contributed by atoms with Crippen molar-refractivity contribution in [3.05, 3.63) is 17.5 Å². The number of hydrogen-bond donors (Lipinski definition) is 1. The van der Waals surface area contributed by atoms with Gasteiger partial charge in [0.2, 0.25) is 5.91 Å². The van der Waals surface area contributed by atoms with E-state index in [-0.39, 0.29) is 11.7 Å². The van der Waals surface area contributed by atoms with E-state index in [4.69, 9.17) is 4.42 Å². The van der Waals surface area contributed by atoms with E-state index in [1.807, 2.05) is 17.5 Å². The molecule has 1 unspecified atom stereocenters. The molecule has 2 aromatic rings. The van der Waals surface area contributed by atoms with Gasteiger partial charge in [0.15, 0.2) is 0 Å². The molecule has 0 spiro atoms. The van der Waals surface area contributed by atoms with Gasteiger partial charge in [-0.25, -0.2) is 4.79 Å². The van der Waals surface area contributed by atoms with Crippen LogP contribution in [0.25, 0.3) is 10.8 Å². The average Bonchev–Trinajstić information content (AvgIpc) is 3.12. The lowest BCUT2D eigenvalue weighted by molar-refractivity contribution is -0.144. The Hall–Kier alpha value is -1.87. The first kappa shape index (κ1) is 15.5. The minimum atomic E-state index is -0.755. The van der Waals surface area contributed by atoms with Gasteiger partial charge < -0.3 is 14.5 Å². The highest BCUT2D eigenvalue weighted by Gasteiger charge is 2.22. The maximum atomic E-state index is 11.5. The molecule has 0 aliphatic rings. The summed E-state index contributed by atoms with van der Waals surface area (Å²) in [4.78, 5) is 23.5. The van der Waals surface area contributed by atoms with E-state index in [9.17, 15) is 9.59 Å². The summed E-state index contributed by atoms with van der Waals surface area (Å²) < 4.78 is 10.1. The Morgan fingerprint density at radius 1 is 1.52 bits per heavy atom. The monoisotopic (exact) mass is 327 g/mol. The topological polar surface area (TPSA) is 94.3 Å². The second kappa shape index (κ2) is 7.23. The largest absolute Gasteiger partial charge is 0.467 e. The molecular formula is C12H13N3O4S2. The number of carbonyl (C=O) groups excluding carboxylic acids is 2. The lowest BCUT2D eigenvalue weighted by atomic mass is 10.3. The van der Waals surface area contributed by atoms with Crippen LogP contribution in [0.5, 0.6) is 0 Å². The van der Waals surface area contributed by atoms with E-state index >= 15 is 0 Å². The van der Waals surface area contributed by atoms with E-state index in [0.717, 1.165) is 4.88 Å². The van der Waals surface area contributed by atoms with Crippen LogP contribution >= 0.6 is 23.1 Å². The first-order valence-corrected chi connectivity index (χ1v) is 7.81. The third-order valence-electron chi connectivity index (χ3n) is 2.38. The molecule has 0 saturated carbocycles. The molecule has 0 bridgehead atoms. The van der Waals surface area contributed by atoms with Crippen LogP contribution in [0, 0.1) is 0 Å². The number of esters is 1. The summed E-state index contributed by atoms with van der Waals surface area (Å²) in [6, 6.07) is 3.01. The number of nitrogens with zero attached hydrogens (tertiary/aromatic N) is 2. The Morgan fingerprint density at radius 2 is 2.33 bits per heavy atom. The van der Waals surface area contributed by atoms with Crippen LogP contribution in [0.15, 0.2) is 27.2 Å². The molecule has 7 nitrogen and oxygen atoms in total. The third-order valence-corrected chi connectivity index (χ3v) is 4.14. The van der Waals surface area contributed by atoms with Crippen molar-refractivity contribution in [2.24, 2.45) is 0 Å². The second-order valence-corrected chi connectivity index (χ2v) is 5.86. The van der Waals surface area contributed by atoms with Gasteiger partial charge in [0.05, 0.1) is 12.0 Å². The van der Waals surface area contributed by atoms with Crippen LogP contribution in [0.4, 0.5) is 0 Å². The third kappa shape index (κ3) is 4.30. The molecule has 21 heavy (non-hydrogen) atoms. The fourth-order valence-corrected chi connectivity index (χ4v) is 2.89. The van der Waals surface area contributed by atoms with Gasteiger partial charge in [-0.15, -0.1) is 21.5 Å². The number of aromatic nitrogens is 2. The fraction of sp³-hybridized carbons (Fsp3) is 0.333. The molecule has 1 N–H and O–H groups in total. The van der Waals surface area contributed by atoms with Crippen molar-refractivity contribution in [3.63, 3.8) is 0 Å². The van der Waals surface area contributed by atoms with Crippen LogP contribution in [0.1, 0.15) is 6.92 Å². The van der Waals surface area contributed by atoms with Crippen molar-refractivity contribution in [3.8, 4) is 10.8 Å². The number of thiophene rings is 1. The molecule has 0 fully saturated rings. The number of thioether (sulfide) groups is 1. The maximum Gasteiger partial charge on any atom is 0.329 e. The van der Waals surface area contributed by atoms with Gasteiger partial charge in [-0.2, -0.15) is 0 Å². The van der Waals surface area contributed by atoms with Gasteiger partial charge >= 0.3 is 5.97 Å². The van der Waals surface area contributed by atoms with Crippen LogP contribution in [-0.4, -0.2) is 41.0 Å². The molecule has 112 valence electrons. The zero-order valence-electron chi connectivity index (χ0n) is 11.4. The van der Waals surface area contributed by atoms with E-state index in [2.05, 4.69) is 20.3 Å². The first-order valence-electron chi connectivity index (χ1n) is 5.95. The molecule has 9 heteroatoms. The Kier molecular flexibility index (Phi) is 5.34. The highest BCUT2D eigenvalue weighted by molar-refractivity contribution is 7.99. The molecule has 0 aliphatic carbocycles. The van der Waals surface area contributed by atoms with Gasteiger partial charge in [0, 0.05) is 12.7 Å². The fourth-order valence-electron chi connectivity index (χ4n) is 1.48. The van der Waals surface area contributed by atoms with Crippen LogP contribution in [0.2, 0.25) is 0 Å². The first-order chi connectivity index (χ1) is 10.1. The van der Waals surface area contributed by atoms with Crippen LogP contribution in [0.3, 0.4) is 0 Å². The molecule has 0 saturated heterocycles. The minimum Gasteiger partial charge on any atom is -0.467 e. The SMILES string of the molecule is COC(=O)C(CSc1nnc(-c2cccs2)o1)NC(C)=O. The summed E-state index contributed by atoms with van der Waals surface area (Å²) in [6.45, 7) is 1.34. The van der Waals surface area contributed by atoms with E-state index in [1.165, 1.54) is 37.1 Å². The number of ether oxygens (including phenoxy) is 1. The predicted molar refractivity (Wildman–Crippen MR) is 78.0 cm³/mol. The van der Waals surface area contributed by atoms with Crippen molar-refractivity contribution in [1.29, 1.82) is 0 Å². The molecule has 1 amide bonds. The summed E-state index contributed by atoms with van der Waals surface area (Å²) in [5.74, 6) is -0.147. The number of hydrogen-bond acceptors (Lipinski definition) is 8. The lowest BCUT2D eigenvalue weighted by Gasteiger charge is -2.13. The summed E-state index contributed by atoms with van der Waals surface area (Å²) >= 11 is 2.68. The van der Waals surface area contributed by atoms with Crippen molar-refractivity contribution in [1.82, 2.24) is 15.5 Å². The van der Waals surface area contributed by atoms with Crippen molar-refractivity contribution in [2.75, 3.05) is 12.9 Å². The Morgan fingerprint density at radius 3 is 2.95 bits per heavy atom. The van der Waals surface area contributed by atoms with Gasteiger partial charge in [0.1, 0.15) is 6.04 Å². The van der Waals surface area contributed by atoms with Gasteiger partial charge in [-0.3, -0.25) is 4.79 Å². The highest BCUT2D eigenvalue weighted by atomic mass is 32.2. The Labute approximate surface area is 129 Å². The standard InChI is InChI=1S/C12H13N3O4S2/c1-7(16)13-8(11(17)18-2)6-21-12-15-14-10(19-12)9-4-3-5-20-9/h3-5,8H,6H2,1-2H3,(H,13,16). The van der Waals surface area contributed by atoms with Gasteiger partial charge in [-0.1, -0.05) is 17.8 Å². The molecule has 2 rings (SSSR count). The summed E-state index contributed by atoms with van der Waals surface area (Å²) in [5.41, 5.74) is 0. The van der Waals surface area contributed by atoms with Crippen LogP contribution in [-0.2, 0) is 14.3 Å². The molecule has 0 radical (unpaired) electrons. The van der Waals surface area contributed by atoms with Crippen molar-refractivity contribution in [2.45, 2.75) is 18.2 Å². The second-order valence-electron chi connectivity index (χ2n) is 3.94. The quantitative estimate of drug-likeness (QED) is 0.635. The zero-order valence-corrected chi connectivity index (χ0v) is 13.0. The summed E-state index contributed by atoms with van der Waals surface area (Å²) in [6.07, 6.45) is 0. The molecule has 2 aromatic heterocycles. The van der Waals surface area contributed by atoms with E-state index in [0.29, 0.717) is 11.1 Å². The number of amides is 1. The van der Waals surface area contributed by atoms with Gasteiger partial charge in [-0.05, 0) is 11.4 Å². The smallest absolute Gasteiger partial charge is 0.329 e. The van der Waals surface area contributed by atoms with Crippen LogP contribution < -0.4 is 5.32 Å². The molecule has 0 aliphatic heterocycles. The van der Waals surface area contributed by atoms with Crippen molar-refractivity contribution >= 4 is 35.0 Å². The van der Waals surface area contributed by atoms with E-state index in [1.54, 1.807) is 0 Å². The summed E-state index contributed by atoms with van der Waals surface area (Å²) in [7, 11) is 1.27. The number of carbonyl (C=O) groups is 2. The number of nitrogens with one attached hydrogen (secondary N) is 1. The Bertz CT molecular complexity index is 612. The number of rotatable bonds is 6. The normalized spacial score (nSPS) is 11.9.